The van der Waals surface area contributed by atoms with Crippen LogP contribution in [0.4, 0.5) is 0 Å². The van der Waals surface area contributed by atoms with E-state index in [2.05, 4.69) is 17.1 Å². The molecule has 0 amide bonds. The van der Waals surface area contributed by atoms with E-state index in [9.17, 15) is 0 Å². The zero-order valence-corrected chi connectivity index (χ0v) is 8.46. The molecular formula is C10H20N2O. The average molecular weight is 184 g/mol. The average Bonchev–Trinajstić information content (AvgIpc) is 2.49. The van der Waals surface area contributed by atoms with Crippen LogP contribution in [0.25, 0.3) is 0 Å². The van der Waals surface area contributed by atoms with E-state index >= 15 is 0 Å². The van der Waals surface area contributed by atoms with Crippen molar-refractivity contribution in [2.75, 3.05) is 39.4 Å². The van der Waals surface area contributed by atoms with Gasteiger partial charge >= 0.3 is 0 Å². The van der Waals surface area contributed by atoms with Crippen LogP contribution >= 0.6 is 0 Å². The van der Waals surface area contributed by atoms with E-state index in [1.165, 1.54) is 32.6 Å². The molecule has 2 aliphatic heterocycles. The lowest BCUT2D eigenvalue weighted by molar-refractivity contribution is -0.00631. The molecule has 0 aromatic rings. The minimum absolute atomic E-state index is 0.649. The molecule has 0 spiro atoms. The molecule has 2 fully saturated rings. The molecule has 0 aromatic heterocycles. The molecule has 0 radical (unpaired) electrons. The van der Waals surface area contributed by atoms with E-state index in [1.54, 1.807) is 0 Å². The largest absolute Gasteiger partial charge is 0.378 e. The summed E-state index contributed by atoms with van der Waals surface area (Å²) in [4.78, 5) is 2.53. The molecule has 0 aliphatic carbocycles. The third-order valence-electron chi connectivity index (χ3n) is 3.15. The highest BCUT2D eigenvalue weighted by Crippen LogP contribution is 2.15. The molecule has 2 aliphatic rings. The molecule has 1 atom stereocenters. The number of hydrogen-bond donors (Lipinski definition) is 1. The second-order valence-corrected chi connectivity index (χ2v) is 4.19. The van der Waals surface area contributed by atoms with Crippen molar-refractivity contribution in [3.8, 4) is 0 Å². The molecular weight excluding hydrogens is 164 g/mol. The summed E-state index contributed by atoms with van der Waals surface area (Å²) in [7, 11) is 0. The van der Waals surface area contributed by atoms with Gasteiger partial charge < -0.3 is 15.0 Å². The van der Waals surface area contributed by atoms with Crippen molar-refractivity contribution >= 4 is 0 Å². The van der Waals surface area contributed by atoms with E-state index in [0.29, 0.717) is 6.04 Å². The van der Waals surface area contributed by atoms with Crippen LogP contribution in [0.1, 0.15) is 13.3 Å². The molecule has 2 saturated heterocycles. The minimum atomic E-state index is 0.649. The summed E-state index contributed by atoms with van der Waals surface area (Å²) in [6.07, 6.45) is 1.37. The van der Waals surface area contributed by atoms with Crippen molar-refractivity contribution in [1.29, 1.82) is 0 Å². The van der Waals surface area contributed by atoms with Crippen molar-refractivity contribution in [3.05, 3.63) is 0 Å². The standard InChI is InChI=1S/C10H20N2O/c1-2-12-4-3-9(6-12)5-11-10-7-13-8-10/h9-11H,2-8H2,1H3. The molecule has 3 nitrogen and oxygen atoms in total. The van der Waals surface area contributed by atoms with Gasteiger partial charge in [-0.1, -0.05) is 6.92 Å². The first-order valence-corrected chi connectivity index (χ1v) is 5.42. The fourth-order valence-electron chi connectivity index (χ4n) is 2.05. The zero-order valence-electron chi connectivity index (χ0n) is 8.46. The van der Waals surface area contributed by atoms with Gasteiger partial charge in [0.25, 0.3) is 0 Å². The van der Waals surface area contributed by atoms with Crippen LogP contribution in [-0.4, -0.2) is 50.3 Å². The van der Waals surface area contributed by atoms with Crippen LogP contribution in [0.3, 0.4) is 0 Å². The van der Waals surface area contributed by atoms with Crippen molar-refractivity contribution in [2.45, 2.75) is 19.4 Å². The molecule has 76 valence electrons. The Morgan fingerprint density at radius 3 is 2.85 bits per heavy atom. The van der Waals surface area contributed by atoms with Gasteiger partial charge in [-0.05, 0) is 32.0 Å². The summed E-state index contributed by atoms with van der Waals surface area (Å²) < 4.78 is 5.12. The predicted molar refractivity (Wildman–Crippen MR) is 52.8 cm³/mol. The monoisotopic (exact) mass is 184 g/mol. The number of nitrogens with one attached hydrogen (secondary N) is 1. The van der Waals surface area contributed by atoms with Gasteiger partial charge in [0.05, 0.1) is 19.3 Å². The van der Waals surface area contributed by atoms with Crippen LogP contribution in [0, 0.1) is 5.92 Å². The number of nitrogens with zero attached hydrogens (tertiary/aromatic N) is 1. The molecule has 1 N–H and O–H groups in total. The van der Waals surface area contributed by atoms with Gasteiger partial charge in [-0.25, -0.2) is 0 Å². The highest BCUT2D eigenvalue weighted by molar-refractivity contribution is 4.80. The van der Waals surface area contributed by atoms with Crippen LogP contribution in [0.5, 0.6) is 0 Å². The maximum absolute atomic E-state index is 5.12. The smallest absolute Gasteiger partial charge is 0.0643 e. The Hall–Kier alpha value is -0.120. The van der Waals surface area contributed by atoms with Gasteiger partial charge in [0.2, 0.25) is 0 Å². The molecule has 0 saturated carbocycles. The number of ether oxygens (including phenoxy) is 1. The fourth-order valence-corrected chi connectivity index (χ4v) is 2.05. The van der Waals surface area contributed by atoms with Crippen molar-refractivity contribution in [1.82, 2.24) is 10.2 Å². The first kappa shape index (κ1) is 9.44. The molecule has 13 heavy (non-hydrogen) atoms. The maximum atomic E-state index is 5.12. The zero-order chi connectivity index (χ0) is 9.10. The second-order valence-electron chi connectivity index (χ2n) is 4.19. The van der Waals surface area contributed by atoms with Gasteiger partial charge in [-0.2, -0.15) is 0 Å². The predicted octanol–water partition coefficient (Wildman–Crippen LogP) is 0.317. The lowest BCUT2D eigenvalue weighted by Crippen LogP contribution is -2.47. The topological polar surface area (TPSA) is 24.5 Å². The molecule has 1 unspecified atom stereocenters. The van der Waals surface area contributed by atoms with Crippen molar-refractivity contribution in [2.24, 2.45) is 5.92 Å². The molecule has 2 heterocycles. The van der Waals surface area contributed by atoms with Gasteiger partial charge in [0, 0.05) is 6.54 Å². The maximum Gasteiger partial charge on any atom is 0.0643 e. The van der Waals surface area contributed by atoms with Crippen molar-refractivity contribution in [3.63, 3.8) is 0 Å². The van der Waals surface area contributed by atoms with E-state index in [-0.39, 0.29) is 0 Å². The van der Waals surface area contributed by atoms with Crippen LogP contribution in [-0.2, 0) is 4.74 Å². The van der Waals surface area contributed by atoms with Gasteiger partial charge in [0.15, 0.2) is 0 Å². The molecule has 3 heteroatoms. The van der Waals surface area contributed by atoms with E-state index in [0.717, 1.165) is 19.1 Å². The minimum Gasteiger partial charge on any atom is -0.378 e. The first-order valence-electron chi connectivity index (χ1n) is 5.42. The van der Waals surface area contributed by atoms with Gasteiger partial charge in [-0.3, -0.25) is 0 Å². The van der Waals surface area contributed by atoms with Crippen LogP contribution < -0.4 is 5.32 Å². The molecule has 2 rings (SSSR count). The lowest BCUT2D eigenvalue weighted by atomic mass is 10.1. The summed E-state index contributed by atoms with van der Waals surface area (Å²) in [6, 6.07) is 0.649. The number of likely N-dealkylation sites (tertiary alicyclic amines) is 1. The SMILES string of the molecule is CCN1CCC(CNC2COC2)C1. The highest BCUT2D eigenvalue weighted by atomic mass is 16.5. The summed E-state index contributed by atoms with van der Waals surface area (Å²) in [6.45, 7) is 9.07. The Morgan fingerprint density at radius 2 is 2.31 bits per heavy atom. The van der Waals surface area contributed by atoms with Crippen molar-refractivity contribution < 1.29 is 4.74 Å². The summed E-state index contributed by atoms with van der Waals surface area (Å²) in [5.74, 6) is 0.876. The fraction of sp³-hybridized carbons (Fsp3) is 1.00. The Bertz CT molecular complexity index is 159. The quantitative estimate of drug-likeness (QED) is 0.681. The first-order chi connectivity index (χ1) is 6.38. The third kappa shape index (κ3) is 2.42. The van der Waals surface area contributed by atoms with Gasteiger partial charge in [0.1, 0.15) is 0 Å². The number of hydrogen-bond acceptors (Lipinski definition) is 3. The van der Waals surface area contributed by atoms with E-state index in [4.69, 9.17) is 4.74 Å². The highest BCUT2D eigenvalue weighted by Gasteiger charge is 2.23. The number of rotatable bonds is 4. The van der Waals surface area contributed by atoms with Crippen LogP contribution in [0.2, 0.25) is 0 Å². The van der Waals surface area contributed by atoms with E-state index < -0.39 is 0 Å². The van der Waals surface area contributed by atoms with Gasteiger partial charge in [-0.15, -0.1) is 0 Å². The summed E-state index contributed by atoms with van der Waals surface area (Å²) >= 11 is 0. The van der Waals surface area contributed by atoms with E-state index in [1.807, 2.05) is 0 Å². The molecule has 0 aromatic carbocycles. The Morgan fingerprint density at radius 1 is 1.46 bits per heavy atom. The third-order valence-corrected chi connectivity index (χ3v) is 3.15. The Kier molecular flexibility index (Phi) is 3.19. The summed E-state index contributed by atoms with van der Waals surface area (Å²) in [5.41, 5.74) is 0. The Balaban J connectivity index is 1.59. The normalized spacial score (nSPS) is 30.7. The second kappa shape index (κ2) is 4.40. The summed E-state index contributed by atoms with van der Waals surface area (Å²) in [5, 5.41) is 3.55. The Labute approximate surface area is 80.4 Å². The van der Waals surface area contributed by atoms with Crippen LogP contribution in [0.15, 0.2) is 0 Å². The molecule has 0 bridgehead atoms. The lowest BCUT2D eigenvalue weighted by Gasteiger charge is -2.28.